The van der Waals surface area contributed by atoms with Crippen molar-refractivity contribution in [2.45, 2.75) is 6.42 Å². The van der Waals surface area contributed by atoms with Crippen LogP contribution in [0.15, 0.2) is 24.3 Å². The molecule has 0 amide bonds. The first-order valence-electron chi connectivity index (χ1n) is 6.09. The average Bonchev–Trinajstić information content (AvgIpc) is 2.37. The third-order valence-corrected chi connectivity index (χ3v) is 2.82. The summed E-state index contributed by atoms with van der Waals surface area (Å²) < 4.78 is 4.80. The maximum Gasteiger partial charge on any atom is 0.339 e. The van der Waals surface area contributed by atoms with Gasteiger partial charge in [0, 0.05) is 13.6 Å². The van der Waals surface area contributed by atoms with Crippen molar-refractivity contribution >= 4 is 11.7 Å². The van der Waals surface area contributed by atoms with Gasteiger partial charge in [-0.1, -0.05) is 12.1 Å². The second-order valence-electron chi connectivity index (χ2n) is 4.59. The van der Waals surface area contributed by atoms with E-state index in [1.54, 1.807) is 6.07 Å². The molecule has 0 aromatic heterocycles. The highest BCUT2D eigenvalue weighted by molar-refractivity contribution is 5.95. The van der Waals surface area contributed by atoms with E-state index in [4.69, 9.17) is 4.74 Å². The number of anilines is 1. The highest BCUT2D eigenvalue weighted by Crippen LogP contribution is 2.20. The topological polar surface area (TPSA) is 32.8 Å². The van der Waals surface area contributed by atoms with Gasteiger partial charge in [-0.15, -0.1) is 0 Å². The van der Waals surface area contributed by atoms with Crippen LogP contribution in [0.5, 0.6) is 0 Å². The molecule has 0 atom stereocenters. The summed E-state index contributed by atoms with van der Waals surface area (Å²) in [6, 6.07) is 7.53. The number of ether oxygens (including phenoxy) is 1. The molecule has 0 unspecified atom stereocenters. The van der Waals surface area contributed by atoms with Crippen molar-refractivity contribution in [1.82, 2.24) is 4.90 Å². The van der Waals surface area contributed by atoms with Crippen LogP contribution in [0.3, 0.4) is 0 Å². The van der Waals surface area contributed by atoms with E-state index < -0.39 is 0 Å². The van der Waals surface area contributed by atoms with Crippen molar-refractivity contribution in [3.05, 3.63) is 29.8 Å². The van der Waals surface area contributed by atoms with E-state index in [2.05, 4.69) is 23.9 Å². The summed E-state index contributed by atoms with van der Waals surface area (Å²) in [6.45, 7) is 1.94. The molecule has 0 heterocycles. The zero-order valence-electron chi connectivity index (χ0n) is 11.6. The quantitative estimate of drug-likeness (QED) is 0.722. The first kappa shape index (κ1) is 14.5. The number of rotatable bonds is 6. The SMILES string of the molecule is COC(=O)c1ccccc1N(C)CCCN(C)C. The number of hydrogen-bond acceptors (Lipinski definition) is 4. The Morgan fingerprint density at radius 2 is 1.83 bits per heavy atom. The van der Waals surface area contributed by atoms with E-state index in [0.29, 0.717) is 5.56 Å². The summed E-state index contributed by atoms with van der Waals surface area (Å²) in [7, 11) is 7.52. The van der Waals surface area contributed by atoms with Gasteiger partial charge in [0.1, 0.15) is 0 Å². The minimum absolute atomic E-state index is 0.287. The minimum Gasteiger partial charge on any atom is -0.465 e. The molecule has 0 fully saturated rings. The van der Waals surface area contributed by atoms with Crippen LogP contribution in [0, 0.1) is 0 Å². The summed E-state index contributed by atoms with van der Waals surface area (Å²) in [5.41, 5.74) is 1.54. The lowest BCUT2D eigenvalue weighted by Gasteiger charge is -2.22. The summed E-state index contributed by atoms with van der Waals surface area (Å²) in [6.07, 6.45) is 1.05. The van der Waals surface area contributed by atoms with Crippen LogP contribution in [0.4, 0.5) is 5.69 Å². The van der Waals surface area contributed by atoms with Crippen molar-refractivity contribution in [1.29, 1.82) is 0 Å². The molecule has 1 rings (SSSR count). The van der Waals surface area contributed by atoms with Crippen molar-refractivity contribution in [2.24, 2.45) is 0 Å². The Morgan fingerprint density at radius 1 is 1.17 bits per heavy atom. The number of methoxy groups -OCH3 is 1. The fraction of sp³-hybridized carbons (Fsp3) is 0.500. The molecule has 100 valence electrons. The zero-order chi connectivity index (χ0) is 13.5. The second kappa shape index (κ2) is 7.01. The molecule has 0 N–H and O–H groups in total. The van der Waals surface area contributed by atoms with E-state index in [9.17, 15) is 4.79 Å². The van der Waals surface area contributed by atoms with Crippen LogP contribution in [0.25, 0.3) is 0 Å². The largest absolute Gasteiger partial charge is 0.465 e. The van der Waals surface area contributed by atoms with Gasteiger partial charge in [-0.05, 0) is 39.2 Å². The van der Waals surface area contributed by atoms with E-state index in [1.807, 2.05) is 25.2 Å². The lowest BCUT2D eigenvalue weighted by Crippen LogP contribution is -2.25. The summed E-state index contributed by atoms with van der Waals surface area (Å²) >= 11 is 0. The number of nitrogens with zero attached hydrogens (tertiary/aromatic N) is 2. The van der Waals surface area contributed by atoms with E-state index in [1.165, 1.54) is 7.11 Å². The van der Waals surface area contributed by atoms with Crippen molar-refractivity contribution in [3.63, 3.8) is 0 Å². The molecule has 4 nitrogen and oxygen atoms in total. The lowest BCUT2D eigenvalue weighted by molar-refractivity contribution is 0.0601. The van der Waals surface area contributed by atoms with Gasteiger partial charge in [-0.3, -0.25) is 0 Å². The summed E-state index contributed by atoms with van der Waals surface area (Å²) in [5.74, 6) is -0.287. The molecule has 4 heteroatoms. The Hall–Kier alpha value is -1.55. The van der Waals surface area contributed by atoms with Crippen molar-refractivity contribution < 1.29 is 9.53 Å². The van der Waals surface area contributed by atoms with E-state index >= 15 is 0 Å². The standard InChI is InChI=1S/C14H22N2O2/c1-15(2)10-7-11-16(3)13-9-6-5-8-12(13)14(17)18-4/h5-6,8-9H,7,10-11H2,1-4H3. The monoisotopic (exact) mass is 250 g/mol. The highest BCUT2D eigenvalue weighted by Gasteiger charge is 2.13. The van der Waals surface area contributed by atoms with Crippen molar-refractivity contribution in [2.75, 3.05) is 46.2 Å². The van der Waals surface area contributed by atoms with Crippen LogP contribution in [-0.2, 0) is 4.74 Å². The molecule has 1 aromatic rings. The normalized spacial score (nSPS) is 10.5. The number of carbonyl (C=O) groups is 1. The minimum atomic E-state index is -0.287. The lowest BCUT2D eigenvalue weighted by atomic mass is 10.1. The van der Waals surface area contributed by atoms with Gasteiger partial charge in [0.15, 0.2) is 0 Å². The molecule has 1 aromatic carbocycles. The number of para-hydroxylation sites is 1. The Kier molecular flexibility index (Phi) is 5.65. The third-order valence-electron chi connectivity index (χ3n) is 2.82. The van der Waals surface area contributed by atoms with Gasteiger partial charge in [0.25, 0.3) is 0 Å². The van der Waals surface area contributed by atoms with Crippen LogP contribution >= 0.6 is 0 Å². The number of hydrogen-bond donors (Lipinski definition) is 0. The van der Waals surface area contributed by atoms with Crippen LogP contribution in [0.2, 0.25) is 0 Å². The summed E-state index contributed by atoms with van der Waals surface area (Å²) in [4.78, 5) is 15.9. The highest BCUT2D eigenvalue weighted by atomic mass is 16.5. The molecule has 0 saturated heterocycles. The van der Waals surface area contributed by atoms with Crippen LogP contribution in [-0.4, -0.2) is 52.2 Å². The molecular weight excluding hydrogens is 228 g/mol. The maximum absolute atomic E-state index is 11.7. The molecule has 0 spiro atoms. The molecule has 18 heavy (non-hydrogen) atoms. The van der Waals surface area contributed by atoms with Crippen LogP contribution < -0.4 is 4.90 Å². The molecule has 0 radical (unpaired) electrons. The van der Waals surface area contributed by atoms with E-state index in [0.717, 1.165) is 25.2 Å². The molecular formula is C14H22N2O2. The molecule has 0 aliphatic carbocycles. The Morgan fingerprint density at radius 3 is 2.44 bits per heavy atom. The average molecular weight is 250 g/mol. The fourth-order valence-electron chi connectivity index (χ4n) is 1.83. The second-order valence-corrected chi connectivity index (χ2v) is 4.59. The summed E-state index contributed by atoms with van der Waals surface area (Å²) in [5, 5.41) is 0. The Labute approximate surface area is 109 Å². The number of esters is 1. The van der Waals surface area contributed by atoms with Gasteiger partial charge >= 0.3 is 5.97 Å². The molecule has 0 aliphatic rings. The smallest absolute Gasteiger partial charge is 0.339 e. The number of benzene rings is 1. The van der Waals surface area contributed by atoms with Crippen LogP contribution in [0.1, 0.15) is 16.8 Å². The first-order valence-corrected chi connectivity index (χ1v) is 6.09. The Bertz CT molecular complexity index is 391. The predicted molar refractivity (Wildman–Crippen MR) is 74.2 cm³/mol. The van der Waals surface area contributed by atoms with Crippen molar-refractivity contribution in [3.8, 4) is 0 Å². The van der Waals surface area contributed by atoms with Gasteiger partial charge in [-0.25, -0.2) is 4.79 Å². The molecule has 0 bridgehead atoms. The maximum atomic E-state index is 11.7. The fourth-order valence-corrected chi connectivity index (χ4v) is 1.83. The van der Waals surface area contributed by atoms with Gasteiger partial charge < -0.3 is 14.5 Å². The Balaban J connectivity index is 2.72. The van der Waals surface area contributed by atoms with Gasteiger partial charge in [0.2, 0.25) is 0 Å². The first-order chi connectivity index (χ1) is 8.56. The molecule has 0 aliphatic heterocycles. The zero-order valence-corrected chi connectivity index (χ0v) is 11.6. The third kappa shape index (κ3) is 4.04. The van der Waals surface area contributed by atoms with Gasteiger partial charge in [-0.2, -0.15) is 0 Å². The van der Waals surface area contributed by atoms with Gasteiger partial charge in [0.05, 0.1) is 18.4 Å². The predicted octanol–water partition coefficient (Wildman–Crippen LogP) is 1.86. The molecule has 0 saturated carbocycles. The van der Waals surface area contributed by atoms with E-state index in [-0.39, 0.29) is 5.97 Å². The number of carbonyl (C=O) groups excluding carboxylic acids is 1.